The molecule has 2 atom stereocenters. The predicted octanol–water partition coefficient (Wildman–Crippen LogP) is 3.97. The van der Waals surface area contributed by atoms with Gasteiger partial charge in [0.15, 0.2) is 0 Å². The van der Waals surface area contributed by atoms with E-state index in [0.717, 1.165) is 19.4 Å². The molecule has 0 bridgehead atoms. The van der Waals surface area contributed by atoms with Crippen LogP contribution < -0.4 is 5.32 Å². The second-order valence-electron chi connectivity index (χ2n) is 7.71. The minimum absolute atomic E-state index is 0.0132. The van der Waals surface area contributed by atoms with Gasteiger partial charge in [-0.25, -0.2) is 0 Å². The lowest BCUT2D eigenvalue weighted by molar-refractivity contribution is -0.120. The summed E-state index contributed by atoms with van der Waals surface area (Å²) in [5.41, 5.74) is 0.227. The molecule has 0 saturated heterocycles. The number of hydrogen-bond acceptors (Lipinski definition) is 2. The summed E-state index contributed by atoms with van der Waals surface area (Å²) in [4.78, 5) is 11.3. The fraction of sp³-hybridized carbons (Fsp3) is 0.938. The molecule has 0 spiro atoms. The highest BCUT2D eigenvalue weighted by atomic mass is 31.0. The molecule has 2 unspecified atom stereocenters. The van der Waals surface area contributed by atoms with Gasteiger partial charge in [0.05, 0.1) is 11.4 Å². The van der Waals surface area contributed by atoms with Crippen LogP contribution in [0.4, 0.5) is 0 Å². The Morgan fingerprint density at radius 2 is 1.65 bits per heavy atom. The van der Waals surface area contributed by atoms with E-state index in [-0.39, 0.29) is 28.1 Å². The fourth-order valence-corrected chi connectivity index (χ4v) is 3.21. The first kappa shape index (κ1) is 19.9. The van der Waals surface area contributed by atoms with Crippen molar-refractivity contribution in [3.8, 4) is 0 Å². The van der Waals surface area contributed by atoms with Gasteiger partial charge in [-0.2, -0.15) is 0 Å². The van der Waals surface area contributed by atoms with Crippen LogP contribution >= 0.6 is 9.24 Å². The Kier molecular flexibility index (Phi) is 7.17. The standard InChI is InChI=1S/C16H34NO2P/c1-12(2)19-10-9-14(4,5)15(6,7)11-16(8,20)17-13(3)18/h12H,9-11,20H2,1-8H3,(H,17,18). The van der Waals surface area contributed by atoms with Crippen molar-refractivity contribution >= 4 is 15.1 Å². The Morgan fingerprint density at radius 1 is 1.15 bits per heavy atom. The Morgan fingerprint density at radius 3 is 2.05 bits per heavy atom. The highest BCUT2D eigenvalue weighted by molar-refractivity contribution is 7.18. The first-order chi connectivity index (χ1) is 8.79. The first-order valence-electron chi connectivity index (χ1n) is 7.48. The van der Waals surface area contributed by atoms with E-state index in [4.69, 9.17) is 4.74 Å². The number of nitrogens with one attached hydrogen (secondary N) is 1. The van der Waals surface area contributed by atoms with E-state index in [0.29, 0.717) is 0 Å². The van der Waals surface area contributed by atoms with E-state index in [1.165, 1.54) is 0 Å². The average Bonchev–Trinajstić information content (AvgIpc) is 2.11. The molecule has 0 aliphatic heterocycles. The van der Waals surface area contributed by atoms with Crippen LogP contribution in [0.2, 0.25) is 0 Å². The lowest BCUT2D eigenvalue weighted by atomic mass is 9.63. The molecule has 0 saturated carbocycles. The number of carbonyl (C=O) groups is 1. The van der Waals surface area contributed by atoms with Gasteiger partial charge >= 0.3 is 0 Å². The molecule has 0 rings (SSSR count). The van der Waals surface area contributed by atoms with Crippen molar-refractivity contribution in [2.24, 2.45) is 10.8 Å². The number of rotatable bonds is 8. The molecule has 0 aliphatic rings. The van der Waals surface area contributed by atoms with E-state index < -0.39 is 0 Å². The Hall–Kier alpha value is -0.140. The van der Waals surface area contributed by atoms with E-state index in [9.17, 15) is 4.79 Å². The Bertz CT molecular complexity index is 322. The maximum absolute atomic E-state index is 11.3. The zero-order valence-corrected chi connectivity index (χ0v) is 15.7. The molecular weight excluding hydrogens is 269 g/mol. The van der Waals surface area contributed by atoms with Crippen molar-refractivity contribution in [2.45, 2.75) is 79.6 Å². The van der Waals surface area contributed by atoms with Gasteiger partial charge in [-0.1, -0.05) is 27.7 Å². The van der Waals surface area contributed by atoms with Crippen molar-refractivity contribution < 1.29 is 9.53 Å². The fourth-order valence-electron chi connectivity index (χ4n) is 2.49. The molecule has 1 amide bonds. The van der Waals surface area contributed by atoms with Crippen LogP contribution in [0.25, 0.3) is 0 Å². The second kappa shape index (κ2) is 7.22. The van der Waals surface area contributed by atoms with Gasteiger partial charge in [-0.05, 0) is 44.4 Å². The number of ether oxygens (including phenoxy) is 1. The van der Waals surface area contributed by atoms with E-state index in [1.807, 2.05) is 0 Å². The highest BCUT2D eigenvalue weighted by Gasteiger charge is 2.40. The molecule has 120 valence electrons. The van der Waals surface area contributed by atoms with Crippen molar-refractivity contribution in [3.05, 3.63) is 0 Å². The molecule has 3 nitrogen and oxygen atoms in total. The average molecular weight is 303 g/mol. The van der Waals surface area contributed by atoms with Crippen molar-refractivity contribution in [2.75, 3.05) is 6.61 Å². The summed E-state index contributed by atoms with van der Waals surface area (Å²) in [7, 11) is 2.78. The Balaban J connectivity index is 4.70. The minimum atomic E-state index is -0.272. The third-order valence-corrected chi connectivity index (χ3v) is 4.63. The summed E-state index contributed by atoms with van der Waals surface area (Å²) in [5, 5.41) is 2.74. The van der Waals surface area contributed by atoms with E-state index in [2.05, 4.69) is 63.0 Å². The quantitative estimate of drug-likeness (QED) is 0.689. The summed E-state index contributed by atoms with van der Waals surface area (Å²) in [6.07, 6.45) is 2.19. The molecule has 0 aromatic rings. The molecule has 4 heteroatoms. The number of amides is 1. The molecule has 20 heavy (non-hydrogen) atoms. The van der Waals surface area contributed by atoms with Crippen LogP contribution in [-0.4, -0.2) is 23.9 Å². The van der Waals surface area contributed by atoms with Gasteiger partial charge in [-0.3, -0.25) is 4.79 Å². The maximum atomic E-state index is 11.3. The third-order valence-electron chi connectivity index (χ3n) is 4.28. The lowest BCUT2D eigenvalue weighted by Crippen LogP contribution is -2.46. The summed E-state index contributed by atoms with van der Waals surface area (Å²) >= 11 is 0. The van der Waals surface area contributed by atoms with Gasteiger partial charge in [-0.15, -0.1) is 9.24 Å². The number of hydrogen-bond donors (Lipinski definition) is 1. The molecule has 0 heterocycles. The first-order valence-corrected chi connectivity index (χ1v) is 8.06. The molecule has 0 aliphatic carbocycles. The second-order valence-corrected chi connectivity index (χ2v) is 8.99. The largest absolute Gasteiger partial charge is 0.379 e. The topological polar surface area (TPSA) is 38.3 Å². The van der Waals surface area contributed by atoms with E-state index >= 15 is 0 Å². The van der Waals surface area contributed by atoms with E-state index in [1.54, 1.807) is 6.92 Å². The normalized spacial score (nSPS) is 16.1. The monoisotopic (exact) mass is 303 g/mol. The predicted molar refractivity (Wildman–Crippen MR) is 89.8 cm³/mol. The Labute approximate surface area is 127 Å². The van der Waals surface area contributed by atoms with Crippen LogP contribution in [0.1, 0.15) is 68.2 Å². The molecule has 0 aromatic carbocycles. The van der Waals surface area contributed by atoms with Gasteiger partial charge in [0.1, 0.15) is 0 Å². The zero-order chi connectivity index (χ0) is 16.2. The van der Waals surface area contributed by atoms with Crippen LogP contribution in [0.3, 0.4) is 0 Å². The lowest BCUT2D eigenvalue weighted by Gasteiger charge is -2.46. The van der Waals surface area contributed by atoms with Gasteiger partial charge < -0.3 is 10.1 Å². The summed E-state index contributed by atoms with van der Waals surface area (Å²) < 4.78 is 5.69. The van der Waals surface area contributed by atoms with Crippen LogP contribution in [0.5, 0.6) is 0 Å². The summed E-state index contributed by atoms with van der Waals surface area (Å²) in [6.45, 7) is 17.6. The van der Waals surface area contributed by atoms with Gasteiger partial charge in [0.25, 0.3) is 0 Å². The van der Waals surface area contributed by atoms with Crippen LogP contribution in [0, 0.1) is 10.8 Å². The summed E-state index contributed by atoms with van der Waals surface area (Å²) in [6, 6.07) is 0. The van der Waals surface area contributed by atoms with Crippen molar-refractivity contribution in [3.63, 3.8) is 0 Å². The van der Waals surface area contributed by atoms with Crippen LogP contribution in [0.15, 0.2) is 0 Å². The summed E-state index contributed by atoms with van der Waals surface area (Å²) in [5.74, 6) is 0.0132. The molecule has 1 N–H and O–H groups in total. The maximum Gasteiger partial charge on any atom is 0.217 e. The van der Waals surface area contributed by atoms with Crippen LogP contribution in [-0.2, 0) is 9.53 Å². The van der Waals surface area contributed by atoms with Gasteiger partial charge in [0, 0.05) is 13.5 Å². The van der Waals surface area contributed by atoms with Gasteiger partial charge in [0.2, 0.25) is 5.91 Å². The highest BCUT2D eigenvalue weighted by Crippen LogP contribution is 2.47. The molecule has 0 aromatic heterocycles. The minimum Gasteiger partial charge on any atom is -0.379 e. The third kappa shape index (κ3) is 7.04. The number of carbonyl (C=O) groups excluding carboxylic acids is 1. The smallest absolute Gasteiger partial charge is 0.217 e. The zero-order valence-electron chi connectivity index (χ0n) is 14.6. The van der Waals surface area contributed by atoms with Crippen molar-refractivity contribution in [1.82, 2.24) is 5.32 Å². The SMILES string of the molecule is CC(=O)NC(C)(P)CC(C)(C)C(C)(C)CCOC(C)C. The molecular formula is C16H34NO2P. The van der Waals surface area contributed by atoms with Crippen molar-refractivity contribution in [1.29, 1.82) is 0 Å². The molecule has 0 radical (unpaired) electrons. The molecule has 0 fully saturated rings.